The van der Waals surface area contributed by atoms with Gasteiger partial charge in [-0.15, -0.1) is 0 Å². The molecule has 0 spiro atoms. The summed E-state index contributed by atoms with van der Waals surface area (Å²) in [7, 11) is 3.30. The number of likely N-dealkylation sites (N-methyl/N-ethyl adjacent to an activating group) is 1. The van der Waals surface area contributed by atoms with E-state index in [1.807, 2.05) is 6.92 Å². The van der Waals surface area contributed by atoms with Crippen molar-refractivity contribution in [2.24, 2.45) is 0 Å². The Kier molecular flexibility index (Phi) is 7.11. The smallest absolute Gasteiger partial charge is 0.259 e. The second-order valence-electron chi connectivity index (χ2n) is 5.89. The zero-order chi connectivity index (χ0) is 19.8. The van der Waals surface area contributed by atoms with Gasteiger partial charge in [0.25, 0.3) is 5.91 Å². The highest BCUT2D eigenvalue weighted by molar-refractivity contribution is 6.07. The molecule has 0 aromatic heterocycles. The van der Waals surface area contributed by atoms with Crippen LogP contribution in [-0.4, -0.2) is 43.9 Å². The zero-order valence-corrected chi connectivity index (χ0v) is 15.6. The lowest BCUT2D eigenvalue weighted by Crippen LogP contribution is -2.27. The van der Waals surface area contributed by atoms with Crippen molar-refractivity contribution < 1.29 is 23.5 Å². The van der Waals surface area contributed by atoms with E-state index in [0.29, 0.717) is 23.7 Å². The summed E-state index contributed by atoms with van der Waals surface area (Å²) in [5.41, 5.74) is 0.704. The summed E-state index contributed by atoms with van der Waals surface area (Å²) < 4.78 is 24.7. The van der Waals surface area contributed by atoms with Gasteiger partial charge in [0, 0.05) is 14.1 Å². The number of carbonyl (C=O) groups excluding carboxylic acids is 2. The molecule has 0 saturated heterocycles. The van der Waals surface area contributed by atoms with Crippen LogP contribution in [0.3, 0.4) is 0 Å². The fraction of sp³-hybridized carbons (Fsp3) is 0.238. The van der Waals surface area contributed by atoms with Crippen molar-refractivity contribution in [1.29, 1.82) is 0 Å². The molecule has 142 valence electrons. The van der Waals surface area contributed by atoms with E-state index in [0.717, 1.165) is 0 Å². The number of halogens is 1. The summed E-state index contributed by atoms with van der Waals surface area (Å²) in [5.74, 6) is -0.259. The number of ether oxygens (including phenoxy) is 2. The summed E-state index contributed by atoms with van der Waals surface area (Å²) in [6, 6.07) is 10.9. The number of carbonyl (C=O) groups is 2. The number of ketones is 1. The number of hydrogen-bond acceptors (Lipinski definition) is 4. The Bertz CT molecular complexity index is 846. The van der Waals surface area contributed by atoms with Crippen LogP contribution in [0, 0.1) is 5.82 Å². The largest absolute Gasteiger partial charge is 0.490 e. The maximum absolute atomic E-state index is 13.7. The molecule has 0 aliphatic heterocycles. The molecule has 0 fully saturated rings. The van der Waals surface area contributed by atoms with Crippen LogP contribution in [0.25, 0.3) is 6.08 Å². The fourth-order valence-corrected chi connectivity index (χ4v) is 2.21. The van der Waals surface area contributed by atoms with Gasteiger partial charge in [-0.3, -0.25) is 9.59 Å². The summed E-state index contributed by atoms with van der Waals surface area (Å²) >= 11 is 0. The summed E-state index contributed by atoms with van der Waals surface area (Å²) in [4.78, 5) is 25.2. The minimum Gasteiger partial charge on any atom is -0.490 e. The molecule has 0 heterocycles. The molecule has 0 bridgehead atoms. The molecule has 0 N–H and O–H groups in total. The molecule has 0 unspecified atom stereocenters. The third-order valence-corrected chi connectivity index (χ3v) is 3.68. The third kappa shape index (κ3) is 5.67. The van der Waals surface area contributed by atoms with E-state index in [1.54, 1.807) is 44.4 Å². The molecule has 0 aliphatic carbocycles. The highest BCUT2D eigenvalue weighted by atomic mass is 19.1. The Hall–Kier alpha value is -3.15. The van der Waals surface area contributed by atoms with Crippen LogP contribution in [0.15, 0.2) is 48.5 Å². The minimum atomic E-state index is -0.559. The van der Waals surface area contributed by atoms with Gasteiger partial charge >= 0.3 is 0 Å². The molecule has 0 saturated carbocycles. The first-order valence-electron chi connectivity index (χ1n) is 8.49. The SMILES string of the molecule is CCOc1cc(/C=C/C(=O)c2ccccc2F)ccc1OCC(=O)N(C)C. The summed E-state index contributed by atoms with van der Waals surface area (Å²) in [6.07, 6.45) is 2.88. The number of amides is 1. The van der Waals surface area contributed by atoms with Crippen molar-refractivity contribution in [3.63, 3.8) is 0 Å². The molecular weight excluding hydrogens is 349 g/mol. The van der Waals surface area contributed by atoms with E-state index in [-0.39, 0.29) is 18.1 Å². The lowest BCUT2D eigenvalue weighted by atomic mass is 10.1. The van der Waals surface area contributed by atoms with Crippen LogP contribution in [0.1, 0.15) is 22.8 Å². The Morgan fingerprint density at radius 3 is 2.48 bits per heavy atom. The van der Waals surface area contributed by atoms with E-state index in [2.05, 4.69) is 0 Å². The zero-order valence-electron chi connectivity index (χ0n) is 15.6. The van der Waals surface area contributed by atoms with E-state index in [1.165, 1.54) is 29.2 Å². The molecule has 5 nitrogen and oxygen atoms in total. The van der Waals surface area contributed by atoms with Gasteiger partial charge in [0.1, 0.15) is 5.82 Å². The minimum absolute atomic E-state index is 0.0148. The van der Waals surface area contributed by atoms with Gasteiger partial charge in [-0.25, -0.2) is 4.39 Å². The van der Waals surface area contributed by atoms with Crippen LogP contribution >= 0.6 is 0 Å². The molecule has 6 heteroatoms. The van der Waals surface area contributed by atoms with Crippen LogP contribution < -0.4 is 9.47 Å². The number of rotatable bonds is 8. The number of benzene rings is 2. The van der Waals surface area contributed by atoms with E-state index < -0.39 is 11.6 Å². The number of hydrogen-bond donors (Lipinski definition) is 0. The van der Waals surface area contributed by atoms with Gasteiger partial charge in [0.2, 0.25) is 0 Å². The fourth-order valence-electron chi connectivity index (χ4n) is 2.21. The van der Waals surface area contributed by atoms with Gasteiger partial charge in [0.05, 0.1) is 12.2 Å². The Morgan fingerprint density at radius 2 is 1.81 bits per heavy atom. The first-order chi connectivity index (χ1) is 12.9. The standard InChI is InChI=1S/C21H22FNO4/c1-4-26-20-13-15(10-12-19(20)27-14-21(25)23(2)3)9-11-18(24)16-7-5-6-8-17(16)22/h5-13H,4,14H2,1-3H3/b11-9+. The normalized spacial score (nSPS) is 10.7. The second-order valence-corrected chi connectivity index (χ2v) is 5.89. The number of nitrogens with zero attached hydrogens (tertiary/aromatic N) is 1. The molecule has 0 atom stereocenters. The van der Waals surface area contributed by atoms with Gasteiger partial charge < -0.3 is 14.4 Å². The predicted molar refractivity (Wildman–Crippen MR) is 102 cm³/mol. The van der Waals surface area contributed by atoms with Crippen LogP contribution in [0.2, 0.25) is 0 Å². The Labute approximate surface area is 158 Å². The lowest BCUT2D eigenvalue weighted by molar-refractivity contribution is -0.130. The molecule has 27 heavy (non-hydrogen) atoms. The van der Waals surface area contributed by atoms with Gasteiger partial charge in [-0.05, 0) is 42.8 Å². The van der Waals surface area contributed by atoms with E-state index >= 15 is 0 Å². The maximum atomic E-state index is 13.7. The molecule has 0 aliphatic rings. The van der Waals surface area contributed by atoms with Crippen LogP contribution in [0.5, 0.6) is 11.5 Å². The Morgan fingerprint density at radius 1 is 1.07 bits per heavy atom. The van der Waals surface area contributed by atoms with Crippen LogP contribution in [0.4, 0.5) is 4.39 Å². The summed E-state index contributed by atoms with van der Waals surface area (Å²) in [6.45, 7) is 2.15. The number of allylic oxidation sites excluding steroid dienone is 1. The van der Waals surface area contributed by atoms with Crippen LogP contribution in [-0.2, 0) is 4.79 Å². The van der Waals surface area contributed by atoms with Gasteiger partial charge in [-0.2, -0.15) is 0 Å². The highest BCUT2D eigenvalue weighted by Gasteiger charge is 2.11. The molecule has 0 radical (unpaired) electrons. The maximum Gasteiger partial charge on any atom is 0.259 e. The van der Waals surface area contributed by atoms with Crippen molar-refractivity contribution in [3.8, 4) is 11.5 Å². The third-order valence-electron chi connectivity index (χ3n) is 3.68. The average molecular weight is 371 g/mol. The van der Waals surface area contributed by atoms with E-state index in [9.17, 15) is 14.0 Å². The average Bonchev–Trinajstić information content (AvgIpc) is 2.65. The predicted octanol–water partition coefficient (Wildman–Crippen LogP) is 3.59. The monoisotopic (exact) mass is 371 g/mol. The van der Waals surface area contributed by atoms with Gasteiger partial charge in [0.15, 0.2) is 23.9 Å². The molecule has 1 amide bonds. The van der Waals surface area contributed by atoms with E-state index in [4.69, 9.17) is 9.47 Å². The van der Waals surface area contributed by atoms with Crippen molar-refractivity contribution in [2.75, 3.05) is 27.3 Å². The molecule has 2 rings (SSSR count). The highest BCUT2D eigenvalue weighted by Crippen LogP contribution is 2.29. The first kappa shape index (κ1) is 20.2. The quantitative estimate of drug-likeness (QED) is 0.526. The topological polar surface area (TPSA) is 55.8 Å². The van der Waals surface area contributed by atoms with Gasteiger partial charge in [-0.1, -0.05) is 24.3 Å². The molecular formula is C21H22FNO4. The Balaban J connectivity index is 2.16. The van der Waals surface area contributed by atoms with Crippen molar-refractivity contribution in [2.45, 2.75) is 6.92 Å². The van der Waals surface area contributed by atoms with Crippen molar-refractivity contribution in [1.82, 2.24) is 4.90 Å². The first-order valence-corrected chi connectivity index (χ1v) is 8.49. The molecule has 2 aromatic carbocycles. The lowest BCUT2D eigenvalue weighted by Gasteiger charge is -2.14. The summed E-state index contributed by atoms with van der Waals surface area (Å²) in [5, 5.41) is 0. The van der Waals surface area contributed by atoms with Crippen molar-refractivity contribution in [3.05, 3.63) is 65.5 Å². The van der Waals surface area contributed by atoms with Crippen molar-refractivity contribution >= 4 is 17.8 Å². The molecule has 2 aromatic rings. The second kappa shape index (κ2) is 9.52.